The summed E-state index contributed by atoms with van der Waals surface area (Å²) >= 11 is 0. The Morgan fingerprint density at radius 2 is 2.05 bits per heavy atom. The number of halogens is 1. The Bertz CT molecular complexity index is 429. The van der Waals surface area contributed by atoms with Crippen molar-refractivity contribution in [3.63, 3.8) is 0 Å². The number of nitrogens with zero attached hydrogens (tertiary/aromatic N) is 1. The largest absolute Gasteiger partial charge is 0.369 e. The smallest absolute Gasteiger partial charge is 0.146 e. The summed E-state index contributed by atoms with van der Waals surface area (Å²) in [5.74, 6) is -0.0903. The van der Waals surface area contributed by atoms with Gasteiger partial charge < -0.3 is 10.2 Å². The zero-order valence-corrected chi connectivity index (χ0v) is 12.3. The minimum atomic E-state index is -0.0903. The molecule has 0 bridgehead atoms. The maximum atomic E-state index is 14.2. The van der Waals surface area contributed by atoms with Gasteiger partial charge in [-0.3, -0.25) is 0 Å². The molecular formula is C16H25FN2. The summed E-state index contributed by atoms with van der Waals surface area (Å²) in [4.78, 5) is 2.20. The fourth-order valence-corrected chi connectivity index (χ4v) is 2.78. The molecule has 0 spiro atoms. The second-order valence-electron chi connectivity index (χ2n) is 6.32. The van der Waals surface area contributed by atoms with Gasteiger partial charge in [-0.2, -0.15) is 0 Å². The molecule has 1 N–H and O–H groups in total. The normalized spacial score (nSPS) is 19.3. The quantitative estimate of drug-likeness (QED) is 0.898. The van der Waals surface area contributed by atoms with Crippen LogP contribution in [0.3, 0.4) is 0 Å². The molecule has 0 saturated carbocycles. The van der Waals surface area contributed by atoms with Gasteiger partial charge in [0, 0.05) is 19.6 Å². The molecule has 1 saturated heterocycles. The molecule has 19 heavy (non-hydrogen) atoms. The van der Waals surface area contributed by atoms with E-state index in [0.717, 1.165) is 37.2 Å². The molecule has 0 unspecified atom stereocenters. The summed E-state index contributed by atoms with van der Waals surface area (Å²) in [5, 5.41) is 3.05. The Balaban J connectivity index is 2.13. The maximum Gasteiger partial charge on any atom is 0.146 e. The van der Waals surface area contributed by atoms with E-state index in [1.807, 2.05) is 19.2 Å². The number of anilines is 1. The van der Waals surface area contributed by atoms with Crippen LogP contribution in [-0.4, -0.2) is 20.1 Å². The Labute approximate surface area is 116 Å². The van der Waals surface area contributed by atoms with Crippen LogP contribution in [0.2, 0.25) is 0 Å². The predicted molar refractivity (Wildman–Crippen MR) is 79.0 cm³/mol. The molecule has 1 aromatic rings. The average Bonchev–Trinajstić information content (AvgIpc) is 2.51. The second-order valence-corrected chi connectivity index (χ2v) is 6.32. The molecule has 1 aromatic carbocycles. The molecule has 0 aliphatic carbocycles. The van der Waals surface area contributed by atoms with E-state index in [1.165, 1.54) is 6.42 Å². The monoisotopic (exact) mass is 264 g/mol. The molecule has 1 heterocycles. The van der Waals surface area contributed by atoms with Crippen LogP contribution >= 0.6 is 0 Å². The third kappa shape index (κ3) is 3.69. The first-order chi connectivity index (χ1) is 9.02. The van der Waals surface area contributed by atoms with E-state index >= 15 is 0 Å². The van der Waals surface area contributed by atoms with Gasteiger partial charge in [0.05, 0.1) is 5.69 Å². The van der Waals surface area contributed by atoms with Crippen LogP contribution in [0.25, 0.3) is 0 Å². The van der Waals surface area contributed by atoms with Gasteiger partial charge in [-0.15, -0.1) is 0 Å². The van der Waals surface area contributed by atoms with Crippen LogP contribution in [0.15, 0.2) is 18.2 Å². The molecule has 0 amide bonds. The van der Waals surface area contributed by atoms with Crippen LogP contribution in [0.5, 0.6) is 0 Å². The lowest BCUT2D eigenvalue weighted by atomic mass is 9.85. The zero-order valence-electron chi connectivity index (χ0n) is 12.3. The molecular weight excluding hydrogens is 239 g/mol. The van der Waals surface area contributed by atoms with Gasteiger partial charge in [0.2, 0.25) is 0 Å². The van der Waals surface area contributed by atoms with Gasteiger partial charge in [0.15, 0.2) is 0 Å². The number of rotatable bonds is 3. The molecule has 0 aromatic heterocycles. The van der Waals surface area contributed by atoms with Crippen molar-refractivity contribution < 1.29 is 4.39 Å². The molecule has 2 rings (SSSR count). The van der Waals surface area contributed by atoms with Crippen LogP contribution in [0.1, 0.15) is 38.7 Å². The van der Waals surface area contributed by atoms with Crippen molar-refractivity contribution in [2.24, 2.45) is 5.41 Å². The lowest BCUT2D eigenvalue weighted by Crippen LogP contribution is -2.26. The third-order valence-electron chi connectivity index (χ3n) is 4.07. The van der Waals surface area contributed by atoms with E-state index in [-0.39, 0.29) is 5.82 Å². The minimum absolute atomic E-state index is 0.0903. The Hall–Kier alpha value is -1.09. The number of benzene rings is 1. The van der Waals surface area contributed by atoms with Gasteiger partial charge in [0.25, 0.3) is 0 Å². The zero-order chi connectivity index (χ0) is 13.9. The fourth-order valence-electron chi connectivity index (χ4n) is 2.78. The summed E-state index contributed by atoms with van der Waals surface area (Å²) in [6.07, 6.45) is 3.50. The van der Waals surface area contributed by atoms with Crippen LogP contribution in [0, 0.1) is 11.2 Å². The average molecular weight is 264 g/mol. The first-order valence-electron chi connectivity index (χ1n) is 7.20. The highest BCUT2D eigenvalue weighted by Crippen LogP contribution is 2.32. The Kier molecular flexibility index (Phi) is 4.46. The van der Waals surface area contributed by atoms with Crippen LogP contribution in [-0.2, 0) is 6.54 Å². The molecule has 106 valence electrons. The summed E-state index contributed by atoms with van der Waals surface area (Å²) in [6, 6.07) is 5.60. The van der Waals surface area contributed by atoms with E-state index in [4.69, 9.17) is 0 Å². The Morgan fingerprint density at radius 3 is 2.74 bits per heavy atom. The summed E-state index contributed by atoms with van der Waals surface area (Å²) in [5.41, 5.74) is 2.15. The standard InChI is InChI=1S/C16H25FN2/c1-16(2)7-4-9-19(10-8-16)15-6-5-13(12-18-3)11-14(15)17/h5-6,11,18H,4,7-10,12H2,1-3H3. The summed E-state index contributed by atoms with van der Waals surface area (Å²) < 4.78 is 14.2. The number of hydrogen-bond acceptors (Lipinski definition) is 2. The van der Waals surface area contributed by atoms with Gasteiger partial charge in [0.1, 0.15) is 5.82 Å². The van der Waals surface area contributed by atoms with Crippen molar-refractivity contribution in [2.75, 3.05) is 25.0 Å². The molecule has 1 fully saturated rings. The van der Waals surface area contributed by atoms with E-state index in [0.29, 0.717) is 12.0 Å². The lowest BCUT2D eigenvalue weighted by Gasteiger charge is -2.25. The van der Waals surface area contributed by atoms with Crippen molar-refractivity contribution in [1.29, 1.82) is 0 Å². The van der Waals surface area contributed by atoms with Gasteiger partial charge in [-0.05, 0) is 49.4 Å². The summed E-state index contributed by atoms with van der Waals surface area (Å²) in [6.45, 7) is 7.25. The van der Waals surface area contributed by atoms with Gasteiger partial charge >= 0.3 is 0 Å². The lowest BCUT2D eigenvalue weighted by molar-refractivity contribution is 0.325. The highest BCUT2D eigenvalue weighted by atomic mass is 19.1. The first-order valence-corrected chi connectivity index (χ1v) is 7.20. The predicted octanol–water partition coefficient (Wildman–Crippen LogP) is 3.56. The van der Waals surface area contributed by atoms with E-state index in [2.05, 4.69) is 24.1 Å². The topological polar surface area (TPSA) is 15.3 Å². The highest BCUT2D eigenvalue weighted by molar-refractivity contribution is 5.49. The second kappa shape index (κ2) is 5.91. The van der Waals surface area contributed by atoms with E-state index in [9.17, 15) is 4.39 Å². The maximum absolute atomic E-state index is 14.2. The van der Waals surface area contributed by atoms with E-state index in [1.54, 1.807) is 6.07 Å². The van der Waals surface area contributed by atoms with Crippen molar-refractivity contribution in [1.82, 2.24) is 5.32 Å². The van der Waals surface area contributed by atoms with Crippen molar-refractivity contribution in [3.05, 3.63) is 29.6 Å². The van der Waals surface area contributed by atoms with Crippen molar-refractivity contribution >= 4 is 5.69 Å². The van der Waals surface area contributed by atoms with E-state index < -0.39 is 0 Å². The third-order valence-corrected chi connectivity index (χ3v) is 4.07. The highest BCUT2D eigenvalue weighted by Gasteiger charge is 2.24. The van der Waals surface area contributed by atoms with Crippen LogP contribution in [0.4, 0.5) is 10.1 Å². The SMILES string of the molecule is CNCc1ccc(N2CCCC(C)(C)CC2)c(F)c1. The number of nitrogens with one attached hydrogen (secondary N) is 1. The molecule has 1 aliphatic rings. The first kappa shape index (κ1) is 14.3. The number of hydrogen-bond donors (Lipinski definition) is 1. The fraction of sp³-hybridized carbons (Fsp3) is 0.625. The molecule has 0 radical (unpaired) electrons. The molecule has 3 heteroatoms. The van der Waals surface area contributed by atoms with Gasteiger partial charge in [-0.25, -0.2) is 4.39 Å². The summed E-state index contributed by atoms with van der Waals surface area (Å²) in [7, 11) is 1.88. The molecule has 2 nitrogen and oxygen atoms in total. The molecule has 1 aliphatic heterocycles. The molecule has 0 atom stereocenters. The van der Waals surface area contributed by atoms with Crippen molar-refractivity contribution in [3.8, 4) is 0 Å². The Morgan fingerprint density at radius 1 is 1.26 bits per heavy atom. The minimum Gasteiger partial charge on any atom is -0.369 e. The van der Waals surface area contributed by atoms with Crippen molar-refractivity contribution in [2.45, 2.75) is 39.7 Å². The van der Waals surface area contributed by atoms with Gasteiger partial charge in [-0.1, -0.05) is 19.9 Å². The van der Waals surface area contributed by atoms with Crippen LogP contribution < -0.4 is 10.2 Å².